The number of benzene rings is 1. The van der Waals surface area contributed by atoms with Crippen molar-refractivity contribution in [1.82, 2.24) is 4.90 Å². The number of alkyl halides is 3. The van der Waals surface area contributed by atoms with E-state index in [2.05, 4.69) is 0 Å². The quantitative estimate of drug-likeness (QED) is 0.850. The molecule has 0 saturated heterocycles. The number of carbonyl (C=O) groups excluding carboxylic acids is 1. The Kier molecular flexibility index (Phi) is 4.41. The lowest BCUT2D eigenvalue weighted by molar-refractivity contribution is -0.136. The zero-order chi connectivity index (χ0) is 15.6. The topological polar surface area (TPSA) is 55.6 Å². The fourth-order valence-electron chi connectivity index (χ4n) is 2.13. The lowest BCUT2D eigenvalue weighted by Gasteiger charge is -2.22. The first kappa shape index (κ1) is 15.6. The van der Waals surface area contributed by atoms with Crippen LogP contribution in [0.4, 0.5) is 18.9 Å². The summed E-state index contributed by atoms with van der Waals surface area (Å²) in [7, 11) is 1.51. The molecule has 7 heteroatoms. The maximum absolute atomic E-state index is 12.8. The van der Waals surface area contributed by atoms with Crippen molar-refractivity contribution in [3.63, 3.8) is 0 Å². The molecule has 1 fully saturated rings. The highest BCUT2D eigenvalue weighted by molar-refractivity contribution is 5.95. The zero-order valence-electron chi connectivity index (χ0n) is 11.6. The Labute approximate surface area is 120 Å². The number of hydrogen-bond acceptors (Lipinski definition) is 3. The number of rotatable bonds is 5. The molecule has 0 spiro atoms. The largest absolute Gasteiger partial charge is 0.418 e. The lowest BCUT2D eigenvalue weighted by Crippen LogP contribution is -2.36. The molecule has 0 heterocycles. The van der Waals surface area contributed by atoms with Crippen molar-refractivity contribution in [3.05, 3.63) is 29.3 Å². The van der Waals surface area contributed by atoms with E-state index in [4.69, 9.17) is 10.5 Å². The number of nitrogen functional groups attached to an aromatic ring is 1. The second-order valence-electron chi connectivity index (χ2n) is 5.02. The van der Waals surface area contributed by atoms with Crippen LogP contribution in [-0.4, -0.2) is 37.1 Å². The summed E-state index contributed by atoms with van der Waals surface area (Å²) < 4.78 is 43.5. The van der Waals surface area contributed by atoms with Crippen LogP contribution in [-0.2, 0) is 10.9 Å². The number of ether oxygens (including phenoxy) is 1. The predicted octanol–water partition coefficient (Wildman–Crippen LogP) is 2.54. The third-order valence-corrected chi connectivity index (χ3v) is 3.39. The number of methoxy groups -OCH3 is 1. The van der Waals surface area contributed by atoms with Crippen LogP contribution < -0.4 is 5.73 Å². The summed E-state index contributed by atoms with van der Waals surface area (Å²) in [6.45, 7) is 0.717. The van der Waals surface area contributed by atoms with Gasteiger partial charge in [0.15, 0.2) is 0 Å². The number of halogens is 3. The third-order valence-electron chi connectivity index (χ3n) is 3.39. The van der Waals surface area contributed by atoms with Crippen LogP contribution in [0, 0.1) is 0 Å². The highest BCUT2D eigenvalue weighted by atomic mass is 19.4. The normalized spacial score (nSPS) is 15.0. The molecule has 0 aromatic heterocycles. The van der Waals surface area contributed by atoms with E-state index in [9.17, 15) is 18.0 Å². The standard InChI is InChI=1S/C14H17F3N2O2/c1-21-7-6-19(10-3-4-10)13(20)9-2-5-12(18)11(8-9)14(15,16)17/h2,5,8,10H,3-4,6-7,18H2,1H3. The molecule has 1 amide bonds. The molecule has 0 atom stereocenters. The van der Waals surface area contributed by atoms with Crippen molar-refractivity contribution in [1.29, 1.82) is 0 Å². The Hall–Kier alpha value is -1.76. The van der Waals surface area contributed by atoms with Gasteiger partial charge in [-0.3, -0.25) is 4.79 Å². The average molecular weight is 302 g/mol. The Morgan fingerprint density at radius 1 is 1.43 bits per heavy atom. The van der Waals surface area contributed by atoms with Gasteiger partial charge in [-0.1, -0.05) is 0 Å². The van der Waals surface area contributed by atoms with E-state index in [0.717, 1.165) is 25.0 Å². The van der Waals surface area contributed by atoms with Crippen LogP contribution in [0.5, 0.6) is 0 Å². The van der Waals surface area contributed by atoms with Gasteiger partial charge in [-0.2, -0.15) is 13.2 Å². The van der Waals surface area contributed by atoms with Crippen molar-refractivity contribution >= 4 is 11.6 Å². The molecule has 1 saturated carbocycles. The smallest absolute Gasteiger partial charge is 0.398 e. The SMILES string of the molecule is COCCN(C(=O)c1ccc(N)c(C(F)(F)F)c1)C1CC1. The van der Waals surface area contributed by atoms with Gasteiger partial charge in [-0.05, 0) is 31.0 Å². The van der Waals surface area contributed by atoms with Crippen molar-refractivity contribution in [2.45, 2.75) is 25.1 Å². The Morgan fingerprint density at radius 2 is 2.10 bits per heavy atom. The lowest BCUT2D eigenvalue weighted by atomic mass is 10.1. The van der Waals surface area contributed by atoms with Gasteiger partial charge in [0.2, 0.25) is 0 Å². The van der Waals surface area contributed by atoms with Crippen LogP contribution in [0.15, 0.2) is 18.2 Å². The zero-order valence-corrected chi connectivity index (χ0v) is 11.6. The molecule has 1 aromatic carbocycles. The predicted molar refractivity (Wildman–Crippen MR) is 71.8 cm³/mol. The highest BCUT2D eigenvalue weighted by Crippen LogP contribution is 2.35. The van der Waals surface area contributed by atoms with Gasteiger partial charge in [0.1, 0.15) is 0 Å². The molecule has 0 bridgehead atoms. The average Bonchev–Trinajstić information content (AvgIpc) is 3.22. The fourth-order valence-corrected chi connectivity index (χ4v) is 2.13. The summed E-state index contributed by atoms with van der Waals surface area (Å²) >= 11 is 0. The summed E-state index contributed by atoms with van der Waals surface area (Å²) in [6.07, 6.45) is -2.83. The molecule has 1 aliphatic rings. The number of anilines is 1. The molecule has 116 valence electrons. The first-order chi connectivity index (χ1) is 9.84. The molecule has 0 radical (unpaired) electrons. The minimum Gasteiger partial charge on any atom is -0.398 e. The maximum atomic E-state index is 12.8. The van der Waals surface area contributed by atoms with Crippen LogP contribution in [0.2, 0.25) is 0 Å². The Morgan fingerprint density at radius 3 is 2.62 bits per heavy atom. The maximum Gasteiger partial charge on any atom is 0.418 e. The van der Waals surface area contributed by atoms with Crippen molar-refractivity contribution in [2.75, 3.05) is 26.0 Å². The number of nitrogens with zero attached hydrogens (tertiary/aromatic N) is 1. The van der Waals surface area contributed by atoms with Gasteiger partial charge in [0.05, 0.1) is 12.2 Å². The van der Waals surface area contributed by atoms with E-state index in [1.807, 2.05) is 0 Å². The second kappa shape index (κ2) is 5.93. The van der Waals surface area contributed by atoms with Crippen LogP contribution in [0.3, 0.4) is 0 Å². The number of nitrogens with two attached hydrogens (primary N) is 1. The number of amides is 1. The van der Waals surface area contributed by atoms with Gasteiger partial charge in [0.25, 0.3) is 5.91 Å². The van der Waals surface area contributed by atoms with Crippen LogP contribution in [0.1, 0.15) is 28.8 Å². The Bertz CT molecular complexity index is 527. The van der Waals surface area contributed by atoms with E-state index in [1.165, 1.54) is 13.2 Å². The summed E-state index contributed by atoms with van der Waals surface area (Å²) in [6, 6.07) is 3.37. The molecule has 1 aromatic rings. The Balaban J connectivity index is 2.25. The van der Waals surface area contributed by atoms with Gasteiger partial charge in [-0.15, -0.1) is 0 Å². The first-order valence-electron chi connectivity index (χ1n) is 6.61. The number of hydrogen-bond donors (Lipinski definition) is 1. The third kappa shape index (κ3) is 3.66. The first-order valence-corrected chi connectivity index (χ1v) is 6.61. The fraction of sp³-hybridized carbons (Fsp3) is 0.500. The summed E-state index contributed by atoms with van der Waals surface area (Å²) in [5, 5.41) is 0. The van der Waals surface area contributed by atoms with E-state index in [1.54, 1.807) is 4.90 Å². The molecule has 2 rings (SSSR count). The molecule has 21 heavy (non-hydrogen) atoms. The molecular weight excluding hydrogens is 285 g/mol. The van der Waals surface area contributed by atoms with Gasteiger partial charge in [0, 0.05) is 30.9 Å². The molecule has 2 N–H and O–H groups in total. The van der Waals surface area contributed by atoms with Crippen LogP contribution in [0.25, 0.3) is 0 Å². The molecule has 0 unspecified atom stereocenters. The summed E-state index contributed by atoms with van der Waals surface area (Å²) in [4.78, 5) is 13.9. The minimum atomic E-state index is -4.57. The number of carbonyl (C=O) groups is 1. The summed E-state index contributed by atoms with van der Waals surface area (Å²) in [5.41, 5.74) is 3.98. The van der Waals surface area contributed by atoms with E-state index in [-0.39, 0.29) is 17.3 Å². The van der Waals surface area contributed by atoms with Gasteiger partial charge >= 0.3 is 6.18 Å². The van der Waals surface area contributed by atoms with Crippen molar-refractivity contribution in [2.24, 2.45) is 0 Å². The molecule has 0 aliphatic heterocycles. The van der Waals surface area contributed by atoms with Crippen molar-refractivity contribution < 1.29 is 22.7 Å². The monoisotopic (exact) mass is 302 g/mol. The van der Waals surface area contributed by atoms with E-state index < -0.39 is 17.6 Å². The minimum absolute atomic E-state index is 0.000437. The van der Waals surface area contributed by atoms with E-state index >= 15 is 0 Å². The molecule has 1 aliphatic carbocycles. The van der Waals surface area contributed by atoms with E-state index in [0.29, 0.717) is 13.2 Å². The molecular formula is C14H17F3N2O2. The van der Waals surface area contributed by atoms with Crippen LogP contribution >= 0.6 is 0 Å². The van der Waals surface area contributed by atoms with Gasteiger partial charge < -0.3 is 15.4 Å². The highest BCUT2D eigenvalue weighted by Gasteiger charge is 2.36. The molecule has 4 nitrogen and oxygen atoms in total. The van der Waals surface area contributed by atoms with Gasteiger partial charge in [-0.25, -0.2) is 0 Å². The summed E-state index contributed by atoms with van der Waals surface area (Å²) in [5.74, 6) is -0.417. The second-order valence-corrected chi connectivity index (χ2v) is 5.02. The van der Waals surface area contributed by atoms with Crippen molar-refractivity contribution in [3.8, 4) is 0 Å².